The average Bonchev–Trinajstić information content (AvgIpc) is 2.65. The fraction of sp³-hybridized carbons (Fsp3) is 0.786. The molecule has 17 heavy (non-hydrogen) atoms. The zero-order valence-electron chi connectivity index (χ0n) is 10.3. The van der Waals surface area contributed by atoms with E-state index in [1.165, 1.54) is 0 Å². The van der Waals surface area contributed by atoms with E-state index in [1.54, 1.807) is 0 Å². The Kier molecular flexibility index (Phi) is 2.54. The number of carbonyl (C=O) groups excluding carboxylic acids is 1. The maximum Gasteiger partial charge on any atom is 0.312 e. The van der Waals surface area contributed by atoms with E-state index in [9.17, 15) is 9.90 Å². The third-order valence-electron chi connectivity index (χ3n) is 5.23. The Labute approximate surface area is 102 Å². The van der Waals surface area contributed by atoms with Gasteiger partial charge in [-0.15, -0.1) is 0 Å². The summed E-state index contributed by atoms with van der Waals surface area (Å²) < 4.78 is 5.27. The largest absolute Gasteiger partial charge is 0.465 e. The van der Waals surface area contributed by atoms with Gasteiger partial charge in [0.2, 0.25) is 0 Å². The minimum absolute atomic E-state index is 0.00991. The molecular formula is C14H20O3. The van der Waals surface area contributed by atoms with E-state index in [0.29, 0.717) is 24.4 Å². The lowest BCUT2D eigenvalue weighted by molar-refractivity contribution is -0.150. The Morgan fingerprint density at radius 1 is 1.47 bits per heavy atom. The Balaban J connectivity index is 1.90. The summed E-state index contributed by atoms with van der Waals surface area (Å²) in [6.45, 7) is 2.91. The van der Waals surface area contributed by atoms with Crippen molar-refractivity contribution in [3.05, 3.63) is 12.2 Å². The molecule has 5 atom stereocenters. The Hall–Kier alpha value is -0.830. The highest BCUT2D eigenvalue weighted by Gasteiger charge is 2.56. The fourth-order valence-electron chi connectivity index (χ4n) is 4.02. The van der Waals surface area contributed by atoms with Crippen LogP contribution in [0.1, 0.15) is 26.2 Å². The molecule has 0 amide bonds. The molecule has 0 aromatic heterocycles. The first-order chi connectivity index (χ1) is 8.16. The van der Waals surface area contributed by atoms with Gasteiger partial charge in [-0.1, -0.05) is 12.2 Å². The summed E-state index contributed by atoms with van der Waals surface area (Å²) in [7, 11) is 0. The van der Waals surface area contributed by atoms with E-state index in [2.05, 4.69) is 19.1 Å². The normalized spacial score (nSPS) is 48.5. The van der Waals surface area contributed by atoms with Crippen LogP contribution in [0.15, 0.2) is 12.2 Å². The number of aliphatic hydroxyl groups is 1. The monoisotopic (exact) mass is 236 g/mol. The topological polar surface area (TPSA) is 46.5 Å². The lowest BCUT2D eigenvalue weighted by Gasteiger charge is -2.45. The maximum atomic E-state index is 12.0. The highest BCUT2D eigenvalue weighted by Crippen LogP contribution is 2.54. The van der Waals surface area contributed by atoms with Crippen molar-refractivity contribution in [3.8, 4) is 0 Å². The smallest absolute Gasteiger partial charge is 0.312 e. The highest BCUT2D eigenvalue weighted by atomic mass is 16.5. The van der Waals surface area contributed by atoms with Gasteiger partial charge >= 0.3 is 5.97 Å². The van der Waals surface area contributed by atoms with Crippen LogP contribution in [0.25, 0.3) is 0 Å². The van der Waals surface area contributed by atoms with Gasteiger partial charge in [0.1, 0.15) is 0 Å². The molecule has 3 nitrogen and oxygen atoms in total. The van der Waals surface area contributed by atoms with E-state index in [-0.39, 0.29) is 23.9 Å². The summed E-state index contributed by atoms with van der Waals surface area (Å²) in [6, 6.07) is 0. The molecule has 0 aromatic carbocycles. The fourth-order valence-corrected chi connectivity index (χ4v) is 4.02. The zero-order chi connectivity index (χ0) is 12.0. The Bertz CT molecular complexity index is 362. The summed E-state index contributed by atoms with van der Waals surface area (Å²) in [5, 5.41) is 9.27. The van der Waals surface area contributed by atoms with Gasteiger partial charge in [0, 0.05) is 12.5 Å². The Morgan fingerprint density at radius 2 is 2.29 bits per heavy atom. The minimum Gasteiger partial charge on any atom is -0.465 e. The summed E-state index contributed by atoms with van der Waals surface area (Å²) in [6.07, 6.45) is 7.55. The SMILES string of the molecule is CC12C(=O)OCC1C=CC1CC(CO)CCC12. The van der Waals surface area contributed by atoms with Gasteiger partial charge in [0.05, 0.1) is 12.0 Å². The molecule has 0 aromatic rings. The number of cyclic esters (lactones) is 1. The van der Waals surface area contributed by atoms with Crippen LogP contribution in [0.5, 0.6) is 0 Å². The van der Waals surface area contributed by atoms with Crippen molar-refractivity contribution in [2.45, 2.75) is 26.2 Å². The first kappa shape index (κ1) is 11.3. The molecule has 1 heterocycles. The van der Waals surface area contributed by atoms with Gasteiger partial charge in [-0.25, -0.2) is 0 Å². The van der Waals surface area contributed by atoms with Gasteiger partial charge in [-0.2, -0.15) is 0 Å². The van der Waals surface area contributed by atoms with Crippen molar-refractivity contribution in [2.75, 3.05) is 13.2 Å². The van der Waals surface area contributed by atoms with Gasteiger partial charge < -0.3 is 9.84 Å². The van der Waals surface area contributed by atoms with E-state index in [0.717, 1.165) is 19.3 Å². The number of carbonyl (C=O) groups is 1. The van der Waals surface area contributed by atoms with Crippen LogP contribution in [0.3, 0.4) is 0 Å². The van der Waals surface area contributed by atoms with Gasteiger partial charge in [-0.3, -0.25) is 4.79 Å². The second-order valence-corrected chi connectivity index (χ2v) is 6.00. The van der Waals surface area contributed by atoms with Crippen molar-refractivity contribution in [1.82, 2.24) is 0 Å². The molecule has 3 rings (SSSR count). The number of rotatable bonds is 1. The van der Waals surface area contributed by atoms with Crippen molar-refractivity contribution < 1.29 is 14.6 Å². The Morgan fingerprint density at radius 3 is 3.06 bits per heavy atom. The molecule has 0 bridgehead atoms. The molecule has 0 radical (unpaired) electrons. The number of hydrogen-bond donors (Lipinski definition) is 1. The van der Waals surface area contributed by atoms with Crippen LogP contribution in [-0.2, 0) is 9.53 Å². The number of allylic oxidation sites excluding steroid dienone is 1. The zero-order valence-corrected chi connectivity index (χ0v) is 10.3. The minimum atomic E-state index is -0.306. The standard InChI is InChI=1S/C14H20O3/c1-14-11(8-17-13(14)16)4-3-10-6-9(7-15)2-5-12(10)14/h3-4,9-12,15H,2,5-8H2,1H3. The molecule has 3 aliphatic rings. The molecule has 5 unspecified atom stereocenters. The van der Waals surface area contributed by atoms with Crippen LogP contribution >= 0.6 is 0 Å². The van der Waals surface area contributed by atoms with E-state index >= 15 is 0 Å². The molecule has 2 fully saturated rings. The molecule has 1 saturated heterocycles. The lowest BCUT2D eigenvalue weighted by Crippen LogP contribution is -2.45. The molecule has 0 spiro atoms. The summed E-state index contributed by atoms with van der Waals surface area (Å²) >= 11 is 0. The molecule has 1 N–H and O–H groups in total. The van der Waals surface area contributed by atoms with Crippen molar-refractivity contribution in [2.24, 2.45) is 29.1 Å². The van der Waals surface area contributed by atoms with Crippen molar-refractivity contribution in [1.29, 1.82) is 0 Å². The van der Waals surface area contributed by atoms with E-state index in [4.69, 9.17) is 4.74 Å². The van der Waals surface area contributed by atoms with Gasteiger partial charge in [0.15, 0.2) is 0 Å². The third kappa shape index (κ3) is 1.48. The highest BCUT2D eigenvalue weighted by molar-refractivity contribution is 5.80. The maximum absolute atomic E-state index is 12.0. The molecule has 94 valence electrons. The molecule has 1 saturated carbocycles. The van der Waals surface area contributed by atoms with E-state index < -0.39 is 0 Å². The van der Waals surface area contributed by atoms with Gasteiger partial charge in [0.25, 0.3) is 0 Å². The average molecular weight is 236 g/mol. The van der Waals surface area contributed by atoms with Crippen LogP contribution in [0.2, 0.25) is 0 Å². The van der Waals surface area contributed by atoms with Crippen LogP contribution in [-0.4, -0.2) is 24.3 Å². The quantitative estimate of drug-likeness (QED) is 0.557. The van der Waals surface area contributed by atoms with Crippen LogP contribution in [0.4, 0.5) is 0 Å². The first-order valence-electron chi connectivity index (χ1n) is 6.62. The second kappa shape index (κ2) is 3.84. The number of esters is 1. The van der Waals surface area contributed by atoms with E-state index in [1.807, 2.05) is 0 Å². The predicted octanol–water partition coefficient (Wildman–Crippen LogP) is 1.76. The summed E-state index contributed by atoms with van der Waals surface area (Å²) in [5.74, 6) is 1.53. The second-order valence-electron chi connectivity index (χ2n) is 6.00. The third-order valence-corrected chi connectivity index (χ3v) is 5.23. The summed E-state index contributed by atoms with van der Waals surface area (Å²) in [4.78, 5) is 12.0. The number of ether oxygens (including phenoxy) is 1. The molecule has 1 aliphatic heterocycles. The van der Waals surface area contributed by atoms with Crippen molar-refractivity contribution >= 4 is 5.97 Å². The van der Waals surface area contributed by atoms with Crippen molar-refractivity contribution in [3.63, 3.8) is 0 Å². The number of aliphatic hydroxyl groups excluding tert-OH is 1. The first-order valence-corrected chi connectivity index (χ1v) is 6.62. The van der Waals surface area contributed by atoms with Crippen LogP contribution < -0.4 is 0 Å². The number of hydrogen-bond acceptors (Lipinski definition) is 3. The molecule has 3 heteroatoms. The van der Waals surface area contributed by atoms with Crippen LogP contribution in [0, 0.1) is 29.1 Å². The summed E-state index contributed by atoms with van der Waals surface area (Å²) in [5.41, 5.74) is -0.306. The lowest BCUT2D eigenvalue weighted by atomic mass is 9.56. The number of fused-ring (bicyclic) bond motifs is 3. The van der Waals surface area contributed by atoms with Gasteiger partial charge in [-0.05, 0) is 43.9 Å². The predicted molar refractivity (Wildman–Crippen MR) is 63.1 cm³/mol. The molecule has 2 aliphatic carbocycles. The molecular weight excluding hydrogens is 216 g/mol.